The average molecular weight is 368 g/mol. The lowest BCUT2D eigenvalue weighted by atomic mass is 10.1. The van der Waals surface area contributed by atoms with E-state index in [9.17, 15) is 4.79 Å². The minimum Gasteiger partial charge on any atom is -0.352 e. The summed E-state index contributed by atoms with van der Waals surface area (Å²) < 4.78 is 0. The van der Waals surface area contributed by atoms with Crippen LogP contribution < -0.4 is 5.32 Å². The molecule has 0 aliphatic rings. The molecule has 0 saturated carbocycles. The molecule has 0 aliphatic heterocycles. The maximum Gasteiger partial charge on any atom is 0.251 e. The lowest BCUT2D eigenvalue weighted by Gasteiger charge is -2.05. The monoisotopic (exact) mass is 368 g/mol. The quantitative estimate of drug-likeness (QED) is 0.538. The fraction of sp³-hybridized carbons (Fsp3) is 0.0870. The van der Waals surface area contributed by atoms with Crippen LogP contribution in [0.3, 0.4) is 0 Å². The molecule has 0 fully saturated rings. The van der Waals surface area contributed by atoms with Gasteiger partial charge in [0, 0.05) is 35.8 Å². The third-order valence-electron chi connectivity index (χ3n) is 4.50. The van der Waals surface area contributed by atoms with Crippen LogP contribution in [0.2, 0.25) is 0 Å². The van der Waals surface area contributed by atoms with Gasteiger partial charge in [-0.2, -0.15) is 5.10 Å². The minimum absolute atomic E-state index is 0.0789. The Morgan fingerprint density at radius 1 is 0.964 bits per heavy atom. The van der Waals surface area contributed by atoms with Crippen LogP contribution in [0.15, 0.2) is 72.9 Å². The Kier molecular flexibility index (Phi) is 5.24. The normalized spacial score (nSPS) is 11.1. The average Bonchev–Trinajstić information content (AvgIpc) is 3.16. The second-order valence-corrected chi connectivity index (χ2v) is 6.44. The topological polar surface area (TPSA) is 70.7 Å². The number of pyridine rings is 1. The van der Waals surface area contributed by atoms with Crippen molar-refractivity contribution in [2.75, 3.05) is 6.54 Å². The number of carbonyl (C=O) groups excluding carboxylic acids is 1. The van der Waals surface area contributed by atoms with E-state index in [1.54, 1.807) is 6.20 Å². The van der Waals surface area contributed by atoms with Crippen LogP contribution in [0.4, 0.5) is 0 Å². The van der Waals surface area contributed by atoms with Crippen molar-refractivity contribution >= 4 is 29.0 Å². The Balaban J connectivity index is 1.36. The van der Waals surface area contributed by atoms with Gasteiger partial charge in [0.25, 0.3) is 5.91 Å². The zero-order chi connectivity index (χ0) is 19.2. The van der Waals surface area contributed by atoms with Gasteiger partial charge >= 0.3 is 0 Å². The van der Waals surface area contributed by atoms with Gasteiger partial charge in [0.05, 0.1) is 11.2 Å². The molecule has 0 bridgehead atoms. The van der Waals surface area contributed by atoms with Gasteiger partial charge in [-0.05, 0) is 42.0 Å². The predicted molar refractivity (Wildman–Crippen MR) is 112 cm³/mol. The number of fused-ring (bicyclic) bond motifs is 1. The SMILES string of the molecule is O=C(NCCc1ccccn1)c1ccc(C=Cc2n[nH]c3ccccc23)cc1. The van der Waals surface area contributed by atoms with Crippen LogP contribution in [0.25, 0.3) is 23.1 Å². The first kappa shape index (κ1) is 17.7. The summed E-state index contributed by atoms with van der Waals surface area (Å²) in [6.45, 7) is 0.559. The number of hydrogen-bond donors (Lipinski definition) is 2. The van der Waals surface area contributed by atoms with Crippen molar-refractivity contribution in [3.8, 4) is 0 Å². The van der Waals surface area contributed by atoms with E-state index in [4.69, 9.17) is 0 Å². The van der Waals surface area contributed by atoms with Gasteiger partial charge in [0.2, 0.25) is 0 Å². The van der Waals surface area contributed by atoms with E-state index in [1.165, 1.54) is 0 Å². The van der Waals surface area contributed by atoms with E-state index < -0.39 is 0 Å². The second-order valence-electron chi connectivity index (χ2n) is 6.44. The maximum atomic E-state index is 12.3. The first-order valence-corrected chi connectivity index (χ1v) is 9.19. The number of para-hydroxylation sites is 1. The minimum atomic E-state index is -0.0789. The Labute approximate surface area is 163 Å². The summed E-state index contributed by atoms with van der Waals surface area (Å²) in [4.78, 5) is 16.5. The first-order valence-electron chi connectivity index (χ1n) is 9.19. The predicted octanol–water partition coefficient (Wildman–Crippen LogP) is 4.10. The summed E-state index contributed by atoms with van der Waals surface area (Å²) in [6, 6.07) is 21.3. The molecule has 0 aliphatic carbocycles. The molecule has 2 heterocycles. The Morgan fingerprint density at radius 3 is 2.61 bits per heavy atom. The number of rotatable bonds is 6. The molecule has 0 radical (unpaired) electrons. The molecule has 4 rings (SSSR count). The van der Waals surface area contributed by atoms with E-state index in [0.717, 1.165) is 27.9 Å². The van der Waals surface area contributed by atoms with E-state index in [2.05, 4.69) is 20.5 Å². The summed E-state index contributed by atoms with van der Waals surface area (Å²) in [5.74, 6) is -0.0789. The van der Waals surface area contributed by atoms with Crippen molar-refractivity contribution in [1.29, 1.82) is 0 Å². The molecule has 2 aromatic carbocycles. The zero-order valence-corrected chi connectivity index (χ0v) is 15.3. The molecule has 138 valence electrons. The zero-order valence-electron chi connectivity index (χ0n) is 15.3. The van der Waals surface area contributed by atoms with Gasteiger partial charge in [-0.3, -0.25) is 14.9 Å². The van der Waals surface area contributed by atoms with Crippen molar-refractivity contribution in [2.24, 2.45) is 0 Å². The summed E-state index contributed by atoms with van der Waals surface area (Å²) in [5, 5.41) is 11.4. The number of nitrogens with zero attached hydrogens (tertiary/aromatic N) is 2. The van der Waals surface area contributed by atoms with Crippen LogP contribution in [0.1, 0.15) is 27.3 Å². The molecule has 0 atom stereocenters. The fourth-order valence-electron chi connectivity index (χ4n) is 2.98. The second kappa shape index (κ2) is 8.31. The van der Waals surface area contributed by atoms with Gasteiger partial charge in [-0.25, -0.2) is 0 Å². The van der Waals surface area contributed by atoms with Crippen molar-refractivity contribution in [1.82, 2.24) is 20.5 Å². The van der Waals surface area contributed by atoms with Gasteiger partial charge in [0.1, 0.15) is 0 Å². The summed E-state index contributed by atoms with van der Waals surface area (Å²) in [7, 11) is 0. The Morgan fingerprint density at radius 2 is 1.79 bits per heavy atom. The summed E-state index contributed by atoms with van der Waals surface area (Å²) >= 11 is 0. The molecule has 0 saturated heterocycles. The van der Waals surface area contributed by atoms with Gasteiger partial charge in [0.15, 0.2) is 0 Å². The van der Waals surface area contributed by atoms with Crippen LogP contribution in [0, 0.1) is 0 Å². The van der Waals surface area contributed by atoms with E-state index in [-0.39, 0.29) is 5.91 Å². The number of amides is 1. The number of aromatic nitrogens is 3. The van der Waals surface area contributed by atoms with Gasteiger partial charge in [-0.15, -0.1) is 0 Å². The molecule has 2 aromatic heterocycles. The number of nitrogens with one attached hydrogen (secondary N) is 2. The van der Waals surface area contributed by atoms with Crippen LogP contribution in [-0.4, -0.2) is 27.6 Å². The molecule has 5 nitrogen and oxygen atoms in total. The third kappa shape index (κ3) is 4.15. The Hall–Kier alpha value is -3.73. The number of carbonyl (C=O) groups is 1. The summed E-state index contributed by atoms with van der Waals surface area (Å²) in [6.07, 6.45) is 6.44. The molecule has 1 amide bonds. The molecular weight excluding hydrogens is 348 g/mol. The molecular formula is C23H20N4O. The summed E-state index contributed by atoms with van der Waals surface area (Å²) in [5.41, 5.74) is 4.53. The standard InChI is InChI=1S/C23H20N4O/c28-23(25-16-14-19-5-3-4-15-24-19)18-11-8-17(9-12-18)10-13-22-20-6-1-2-7-21(20)26-27-22/h1-13,15H,14,16H2,(H,25,28)(H,26,27). The van der Waals surface area contributed by atoms with Crippen LogP contribution in [-0.2, 0) is 6.42 Å². The fourth-order valence-corrected chi connectivity index (χ4v) is 2.98. The smallest absolute Gasteiger partial charge is 0.251 e. The molecule has 28 heavy (non-hydrogen) atoms. The van der Waals surface area contributed by atoms with Crippen LogP contribution >= 0.6 is 0 Å². The van der Waals surface area contributed by atoms with E-state index in [1.807, 2.05) is 78.9 Å². The number of aromatic amines is 1. The highest BCUT2D eigenvalue weighted by Crippen LogP contribution is 2.17. The lowest BCUT2D eigenvalue weighted by Crippen LogP contribution is -2.25. The first-order chi connectivity index (χ1) is 13.8. The van der Waals surface area contributed by atoms with Crippen molar-refractivity contribution in [3.63, 3.8) is 0 Å². The van der Waals surface area contributed by atoms with Gasteiger partial charge in [-0.1, -0.05) is 42.5 Å². The highest BCUT2D eigenvalue weighted by atomic mass is 16.1. The van der Waals surface area contributed by atoms with Crippen molar-refractivity contribution < 1.29 is 4.79 Å². The molecule has 0 spiro atoms. The van der Waals surface area contributed by atoms with E-state index in [0.29, 0.717) is 18.5 Å². The lowest BCUT2D eigenvalue weighted by molar-refractivity contribution is 0.0954. The van der Waals surface area contributed by atoms with Crippen molar-refractivity contribution in [3.05, 3.63) is 95.4 Å². The molecule has 0 unspecified atom stereocenters. The largest absolute Gasteiger partial charge is 0.352 e. The number of benzene rings is 2. The third-order valence-corrected chi connectivity index (χ3v) is 4.50. The Bertz CT molecular complexity index is 1100. The van der Waals surface area contributed by atoms with Crippen molar-refractivity contribution in [2.45, 2.75) is 6.42 Å². The molecule has 2 N–H and O–H groups in total. The highest BCUT2D eigenvalue weighted by Gasteiger charge is 2.05. The maximum absolute atomic E-state index is 12.3. The molecule has 4 aromatic rings. The van der Waals surface area contributed by atoms with Gasteiger partial charge < -0.3 is 5.32 Å². The van der Waals surface area contributed by atoms with Crippen LogP contribution in [0.5, 0.6) is 0 Å². The van der Waals surface area contributed by atoms with E-state index >= 15 is 0 Å². The number of hydrogen-bond acceptors (Lipinski definition) is 3. The highest BCUT2D eigenvalue weighted by molar-refractivity contribution is 5.94. The molecule has 5 heteroatoms. The number of H-pyrrole nitrogens is 1.